The quantitative estimate of drug-likeness (QED) is 0.774. The van der Waals surface area contributed by atoms with Gasteiger partial charge in [-0.25, -0.2) is 0 Å². The van der Waals surface area contributed by atoms with Gasteiger partial charge in [-0.05, 0) is 63.5 Å². The van der Waals surface area contributed by atoms with Gasteiger partial charge in [-0.1, -0.05) is 26.0 Å². The normalized spacial score (nSPS) is 24.4. The predicted octanol–water partition coefficient (Wildman–Crippen LogP) is 3.25. The van der Waals surface area contributed by atoms with Crippen LogP contribution in [0.1, 0.15) is 64.7 Å². The molecule has 5 heteroatoms. The van der Waals surface area contributed by atoms with Crippen LogP contribution in [0.15, 0.2) is 24.3 Å². The highest BCUT2D eigenvalue weighted by Crippen LogP contribution is 2.36. The van der Waals surface area contributed by atoms with Gasteiger partial charge in [0.1, 0.15) is 0 Å². The number of carbonyl (C=O) groups is 1. The van der Waals surface area contributed by atoms with Crippen LogP contribution in [0.2, 0.25) is 0 Å². The molecule has 0 spiro atoms. The third-order valence-electron chi connectivity index (χ3n) is 6.09. The van der Waals surface area contributed by atoms with Crippen molar-refractivity contribution in [3.05, 3.63) is 29.8 Å². The molecule has 0 saturated carbocycles. The second kappa shape index (κ2) is 6.13. The maximum absolute atomic E-state index is 12.7. The molecule has 1 amide bonds. The van der Waals surface area contributed by atoms with Crippen molar-refractivity contribution in [2.45, 2.75) is 65.6 Å². The molecular weight excluding hydrogens is 313 g/mol. The number of piperidine rings is 1. The molecule has 1 aromatic carbocycles. The molecule has 2 saturated heterocycles. The fourth-order valence-corrected chi connectivity index (χ4v) is 3.26. The maximum Gasteiger partial charge on any atom is 0.494 e. The van der Waals surface area contributed by atoms with Crippen LogP contribution < -0.4 is 5.46 Å². The van der Waals surface area contributed by atoms with E-state index in [1.165, 1.54) is 0 Å². The zero-order chi connectivity index (χ0) is 18.5. The summed E-state index contributed by atoms with van der Waals surface area (Å²) in [7, 11) is -0.384. The van der Waals surface area contributed by atoms with Gasteiger partial charge >= 0.3 is 7.12 Å². The molecule has 2 aliphatic heterocycles. The maximum atomic E-state index is 12.7. The predicted molar refractivity (Wildman–Crippen MR) is 101 cm³/mol. The Morgan fingerprint density at radius 2 is 1.40 bits per heavy atom. The summed E-state index contributed by atoms with van der Waals surface area (Å²) in [5.74, 6) is 0.121. The van der Waals surface area contributed by atoms with E-state index in [0.717, 1.165) is 37.0 Å². The molecule has 2 heterocycles. The van der Waals surface area contributed by atoms with Crippen LogP contribution in [0, 0.1) is 5.41 Å². The number of benzene rings is 1. The summed E-state index contributed by atoms with van der Waals surface area (Å²) >= 11 is 0. The summed E-state index contributed by atoms with van der Waals surface area (Å²) in [6.45, 7) is 14.4. The standard InChI is InChI=1S/C20H30BNO3/c1-18(2)11-13-22(14-12-18)17(23)15-7-9-16(10-8-15)21-24-19(3,4)20(5,6)25-21/h7-10H,11-14H2,1-6H3. The number of carbonyl (C=O) groups excluding carboxylic acids is 1. The van der Waals surface area contributed by atoms with Crippen molar-refractivity contribution >= 4 is 18.5 Å². The average Bonchev–Trinajstić information content (AvgIpc) is 2.75. The lowest BCUT2D eigenvalue weighted by atomic mass is 9.78. The second-order valence-electron chi connectivity index (χ2n) is 9.17. The van der Waals surface area contributed by atoms with E-state index in [2.05, 4.69) is 13.8 Å². The van der Waals surface area contributed by atoms with Crippen molar-refractivity contribution < 1.29 is 14.1 Å². The van der Waals surface area contributed by atoms with Gasteiger partial charge < -0.3 is 14.2 Å². The minimum atomic E-state index is -0.384. The van der Waals surface area contributed by atoms with Crippen LogP contribution in [0.25, 0.3) is 0 Å². The van der Waals surface area contributed by atoms with Crippen molar-refractivity contribution in [1.82, 2.24) is 4.90 Å². The van der Waals surface area contributed by atoms with Crippen LogP contribution in [-0.4, -0.2) is 42.2 Å². The minimum Gasteiger partial charge on any atom is -0.399 e. The number of amides is 1. The summed E-state index contributed by atoms with van der Waals surface area (Å²) in [6.07, 6.45) is 2.12. The van der Waals surface area contributed by atoms with E-state index in [0.29, 0.717) is 5.41 Å². The Bertz CT molecular complexity index is 625. The Labute approximate surface area is 152 Å². The lowest BCUT2D eigenvalue weighted by Crippen LogP contribution is -2.41. The highest BCUT2D eigenvalue weighted by atomic mass is 16.7. The fraction of sp³-hybridized carbons (Fsp3) is 0.650. The van der Waals surface area contributed by atoms with Gasteiger partial charge in [0, 0.05) is 18.7 Å². The molecule has 0 atom stereocenters. The average molecular weight is 343 g/mol. The zero-order valence-electron chi connectivity index (χ0n) is 16.4. The Morgan fingerprint density at radius 3 is 1.88 bits per heavy atom. The van der Waals surface area contributed by atoms with Crippen molar-refractivity contribution in [3.8, 4) is 0 Å². The molecule has 0 aliphatic carbocycles. The van der Waals surface area contributed by atoms with Gasteiger partial charge in [-0.2, -0.15) is 0 Å². The van der Waals surface area contributed by atoms with Gasteiger partial charge in [0.05, 0.1) is 11.2 Å². The molecular formula is C20H30BNO3. The number of hydrogen-bond acceptors (Lipinski definition) is 3. The van der Waals surface area contributed by atoms with E-state index in [-0.39, 0.29) is 24.2 Å². The molecule has 0 bridgehead atoms. The first kappa shape index (κ1) is 18.5. The molecule has 4 nitrogen and oxygen atoms in total. The Balaban J connectivity index is 1.68. The van der Waals surface area contributed by atoms with Crippen LogP contribution in [0.4, 0.5) is 0 Å². The van der Waals surface area contributed by atoms with E-state index < -0.39 is 0 Å². The first-order chi connectivity index (χ1) is 11.5. The highest BCUT2D eigenvalue weighted by Gasteiger charge is 2.51. The molecule has 0 N–H and O–H groups in total. The van der Waals surface area contributed by atoms with E-state index >= 15 is 0 Å². The Morgan fingerprint density at radius 1 is 0.920 bits per heavy atom. The summed E-state index contributed by atoms with van der Waals surface area (Å²) in [4.78, 5) is 14.7. The second-order valence-corrected chi connectivity index (χ2v) is 9.17. The number of likely N-dealkylation sites (tertiary alicyclic amines) is 1. The molecule has 1 aromatic rings. The minimum absolute atomic E-state index is 0.121. The van der Waals surface area contributed by atoms with E-state index in [4.69, 9.17) is 9.31 Å². The lowest BCUT2D eigenvalue weighted by Gasteiger charge is -2.37. The van der Waals surface area contributed by atoms with E-state index in [9.17, 15) is 4.79 Å². The lowest BCUT2D eigenvalue weighted by molar-refractivity contribution is 0.00578. The Hall–Kier alpha value is -1.33. The van der Waals surface area contributed by atoms with Gasteiger partial charge in [0.25, 0.3) is 5.91 Å². The van der Waals surface area contributed by atoms with E-state index in [1.54, 1.807) is 0 Å². The van der Waals surface area contributed by atoms with Crippen molar-refractivity contribution in [2.75, 3.05) is 13.1 Å². The largest absolute Gasteiger partial charge is 0.494 e. The summed E-state index contributed by atoms with van der Waals surface area (Å²) in [6, 6.07) is 7.68. The first-order valence-electron chi connectivity index (χ1n) is 9.26. The topological polar surface area (TPSA) is 38.8 Å². The summed E-state index contributed by atoms with van der Waals surface area (Å²) in [5, 5.41) is 0. The van der Waals surface area contributed by atoms with Crippen molar-refractivity contribution in [1.29, 1.82) is 0 Å². The molecule has 2 fully saturated rings. The van der Waals surface area contributed by atoms with Crippen LogP contribution >= 0.6 is 0 Å². The third-order valence-corrected chi connectivity index (χ3v) is 6.09. The van der Waals surface area contributed by atoms with Gasteiger partial charge in [0.2, 0.25) is 0 Å². The van der Waals surface area contributed by atoms with Crippen LogP contribution in [-0.2, 0) is 9.31 Å². The monoisotopic (exact) mass is 343 g/mol. The van der Waals surface area contributed by atoms with Crippen LogP contribution in [0.5, 0.6) is 0 Å². The van der Waals surface area contributed by atoms with Gasteiger partial charge in [-0.3, -0.25) is 4.79 Å². The molecule has 25 heavy (non-hydrogen) atoms. The molecule has 0 unspecified atom stereocenters. The number of hydrogen-bond donors (Lipinski definition) is 0. The smallest absolute Gasteiger partial charge is 0.399 e. The summed E-state index contributed by atoms with van der Waals surface area (Å²) < 4.78 is 12.1. The van der Waals surface area contributed by atoms with E-state index in [1.807, 2.05) is 56.9 Å². The summed E-state index contributed by atoms with van der Waals surface area (Å²) in [5.41, 5.74) is 1.33. The first-order valence-corrected chi connectivity index (χ1v) is 9.26. The molecule has 0 aromatic heterocycles. The number of rotatable bonds is 2. The fourth-order valence-electron chi connectivity index (χ4n) is 3.26. The SMILES string of the molecule is CC1(C)CCN(C(=O)c2ccc(B3OC(C)(C)C(C)(C)O3)cc2)CC1. The van der Waals surface area contributed by atoms with Gasteiger partial charge in [-0.15, -0.1) is 0 Å². The molecule has 136 valence electrons. The van der Waals surface area contributed by atoms with Gasteiger partial charge in [0.15, 0.2) is 0 Å². The number of nitrogens with zero attached hydrogens (tertiary/aromatic N) is 1. The highest BCUT2D eigenvalue weighted by molar-refractivity contribution is 6.62. The molecule has 0 radical (unpaired) electrons. The van der Waals surface area contributed by atoms with Crippen molar-refractivity contribution in [2.24, 2.45) is 5.41 Å². The van der Waals surface area contributed by atoms with Crippen LogP contribution in [0.3, 0.4) is 0 Å². The van der Waals surface area contributed by atoms with Crippen molar-refractivity contribution in [3.63, 3.8) is 0 Å². The molecule has 2 aliphatic rings. The third kappa shape index (κ3) is 3.63. The zero-order valence-corrected chi connectivity index (χ0v) is 16.4. The Kier molecular flexibility index (Phi) is 4.53. The molecule has 3 rings (SSSR count).